The van der Waals surface area contributed by atoms with E-state index in [9.17, 15) is 26.0 Å². The molecule has 9 nitrogen and oxygen atoms in total. The molecule has 5 rings (SSSR count). The van der Waals surface area contributed by atoms with Gasteiger partial charge in [-0.3, -0.25) is 0 Å². The number of hydrogen-bond donors (Lipinski definition) is 0. The van der Waals surface area contributed by atoms with Gasteiger partial charge in [0.05, 0.1) is 34.2 Å². The summed E-state index contributed by atoms with van der Waals surface area (Å²) < 4.78 is 101. The quantitative estimate of drug-likeness (QED) is 0.429. The molecule has 4 atom stereocenters. The van der Waals surface area contributed by atoms with E-state index in [0.717, 1.165) is 12.1 Å². The van der Waals surface area contributed by atoms with Crippen molar-refractivity contribution in [2.75, 3.05) is 32.1 Å². The maximum Gasteiger partial charge on any atom is 0.410 e. The Kier molecular flexibility index (Phi) is 8.51. The summed E-state index contributed by atoms with van der Waals surface area (Å²) in [5, 5.41) is -0.536. The molecule has 0 aliphatic carbocycles. The van der Waals surface area contributed by atoms with Crippen LogP contribution in [0, 0.1) is 17.6 Å². The van der Waals surface area contributed by atoms with Crippen LogP contribution >= 0.6 is 11.6 Å². The average molecular weight is 662 g/mol. The second-order valence-electron chi connectivity index (χ2n) is 12.1. The van der Waals surface area contributed by atoms with Gasteiger partial charge in [-0.2, -0.15) is 0 Å². The lowest BCUT2D eigenvalue weighted by Crippen LogP contribution is -2.57. The lowest BCUT2D eigenvalue weighted by molar-refractivity contribution is -0.0732. The molecule has 236 valence electrons. The number of sulfone groups is 2. The smallest absolute Gasteiger partial charge is 0.410 e. The number of nitrogens with zero attached hydrogens (tertiary/aromatic N) is 1. The zero-order chi connectivity index (χ0) is 31.4. The third-order valence-corrected chi connectivity index (χ3v) is 13.4. The maximum absolute atomic E-state index is 15.6. The number of benzene rings is 2. The highest BCUT2D eigenvalue weighted by molar-refractivity contribution is 7.92. The summed E-state index contributed by atoms with van der Waals surface area (Å²) in [5.74, 6) is -3.74. The summed E-state index contributed by atoms with van der Waals surface area (Å²) in [7, 11) is -8.18. The van der Waals surface area contributed by atoms with Crippen LogP contribution in [-0.2, 0) is 33.9 Å². The van der Waals surface area contributed by atoms with Crippen molar-refractivity contribution in [1.82, 2.24) is 4.90 Å². The third-order valence-electron chi connectivity index (χ3n) is 8.34. The molecule has 43 heavy (non-hydrogen) atoms. The molecule has 0 aromatic heterocycles. The van der Waals surface area contributed by atoms with Crippen molar-refractivity contribution < 1.29 is 44.6 Å². The Bertz CT molecular complexity index is 1610. The van der Waals surface area contributed by atoms with Gasteiger partial charge in [0.25, 0.3) is 0 Å². The van der Waals surface area contributed by atoms with Crippen molar-refractivity contribution in [1.29, 1.82) is 0 Å². The number of likely N-dealkylation sites (tertiary alicyclic amines) is 1. The minimum atomic E-state index is -4.42. The SMILES string of the molecule is CC(C)(C)OC(=O)N1CC[C@H](S(=O)(=O)CC[C@@H]2OCC[C@@]3(S(=O)(=O)c4ccc(Cl)cc4)c4c(F)ccc(F)c4OC[C@@H]23)C1. The Balaban J connectivity index is 1.44. The first-order valence-electron chi connectivity index (χ1n) is 14.0. The lowest BCUT2D eigenvalue weighted by atomic mass is 9.75. The lowest BCUT2D eigenvalue weighted by Gasteiger charge is -2.50. The Morgan fingerprint density at radius 3 is 2.44 bits per heavy atom. The molecule has 0 radical (unpaired) electrons. The van der Waals surface area contributed by atoms with Gasteiger partial charge in [0.15, 0.2) is 31.2 Å². The Morgan fingerprint density at radius 2 is 1.77 bits per heavy atom. The number of hydrogen-bond acceptors (Lipinski definition) is 8. The van der Waals surface area contributed by atoms with Gasteiger partial charge < -0.3 is 19.1 Å². The number of carbonyl (C=O) groups excluding carboxylic acids is 1. The van der Waals surface area contributed by atoms with Crippen LogP contribution in [0.3, 0.4) is 0 Å². The highest BCUT2D eigenvalue weighted by atomic mass is 35.5. The molecule has 0 N–H and O–H groups in total. The fraction of sp³-hybridized carbons (Fsp3) is 0.552. The molecule has 2 aromatic rings. The molecular weight excluding hydrogens is 628 g/mol. The first kappa shape index (κ1) is 31.9. The first-order valence-corrected chi connectivity index (χ1v) is 17.6. The largest absolute Gasteiger partial charge is 0.490 e. The summed E-state index contributed by atoms with van der Waals surface area (Å²) in [6.07, 6.45) is -1.64. The van der Waals surface area contributed by atoms with Crippen LogP contribution in [0.2, 0.25) is 5.02 Å². The van der Waals surface area contributed by atoms with E-state index < -0.39 is 76.3 Å². The standard InChI is InChI=1S/C29H34ClF2NO8S2/c1-28(2,3)41-27(34)33-13-10-20(16-33)42(35,36)15-11-24-21-17-40-26-23(32)9-8-22(31)25(26)29(21,12-14-39-24)43(37,38)19-6-4-18(30)5-7-19/h4-9,20-21,24H,10-17H2,1-3H3/t20-,21-,24-,29-/m0/s1. The van der Waals surface area contributed by atoms with E-state index in [-0.39, 0.29) is 56.2 Å². The number of amides is 1. The van der Waals surface area contributed by atoms with E-state index in [4.69, 9.17) is 25.8 Å². The summed E-state index contributed by atoms with van der Waals surface area (Å²) in [5.41, 5.74) is -1.15. The summed E-state index contributed by atoms with van der Waals surface area (Å²) in [4.78, 5) is 13.7. The average Bonchev–Trinajstić information content (AvgIpc) is 3.45. The van der Waals surface area contributed by atoms with Crippen LogP contribution in [0.1, 0.15) is 45.6 Å². The van der Waals surface area contributed by atoms with Crippen LogP contribution in [0.5, 0.6) is 5.75 Å². The highest BCUT2D eigenvalue weighted by Crippen LogP contribution is 2.56. The molecule has 1 amide bonds. The number of fused-ring (bicyclic) bond motifs is 3. The summed E-state index contributed by atoms with van der Waals surface area (Å²) in [6.45, 7) is 4.89. The first-order chi connectivity index (χ1) is 20.1. The van der Waals surface area contributed by atoms with Gasteiger partial charge in [-0.05, 0) is 76.4 Å². The molecule has 0 spiro atoms. The minimum Gasteiger partial charge on any atom is -0.490 e. The van der Waals surface area contributed by atoms with E-state index in [1.165, 1.54) is 29.2 Å². The second kappa shape index (κ2) is 11.5. The van der Waals surface area contributed by atoms with E-state index in [1.807, 2.05) is 0 Å². The van der Waals surface area contributed by atoms with Gasteiger partial charge in [-0.1, -0.05) is 11.6 Å². The topological polar surface area (TPSA) is 116 Å². The van der Waals surface area contributed by atoms with Crippen molar-refractivity contribution in [2.24, 2.45) is 5.92 Å². The van der Waals surface area contributed by atoms with Crippen molar-refractivity contribution in [2.45, 2.75) is 66.6 Å². The molecule has 3 aliphatic heterocycles. The molecule has 0 bridgehead atoms. The van der Waals surface area contributed by atoms with E-state index in [2.05, 4.69) is 0 Å². The maximum atomic E-state index is 15.6. The van der Waals surface area contributed by atoms with Crippen LogP contribution in [0.15, 0.2) is 41.3 Å². The number of halogens is 3. The zero-order valence-electron chi connectivity index (χ0n) is 24.0. The molecule has 3 aliphatic rings. The molecule has 2 aromatic carbocycles. The second-order valence-corrected chi connectivity index (χ2v) is 17.2. The van der Waals surface area contributed by atoms with Gasteiger partial charge in [-0.15, -0.1) is 0 Å². The van der Waals surface area contributed by atoms with Gasteiger partial charge in [0, 0.05) is 30.6 Å². The van der Waals surface area contributed by atoms with E-state index in [1.54, 1.807) is 20.8 Å². The number of rotatable bonds is 6. The predicted octanol–water partition coefficient (Wildman–Crippen LogP) is 4.90. The monoisotopic (exact) mass is 661 g/mol. The molecule has 2 fully saturated rings. The van der Waals surface area contributed by atoms with Crippen molar-refractivity contribution in [3.8, 4) is 5.75 Å². The molecule has 3 heterocycles. The van der Waals surface area contributed by atoms with Crippen molar-refractivity contribution >= 4 is 37.4 Å². The van der Waals surface area contributed by atoms with Crippen LogP contribution in [0.4, 0.5) is 13.6 Å². The normalized spacial score (nSPS) is 25.9. The highest BCUT2D eigenvalue weighted by Gasteiger charge is 2.61. The van der Waals surface area contributed by atoms with Gasteiger partial charge in [0.1, 0.15) is 16.2 Å². The summed E-state index contributed by atoms with van der Waals surface area (Å²) >= 11 is 6.00. The zero-order valence-corrected chi connectivity index (χ0v) is 26.4. The Hall–Kier alpha value is -2.48. The fourth-order valence-electron chi connectivity index (χ4n) is 6.30. The molecule has 0 unspecified atom stereocenters. The predicted molar refractivity (Wildman–Crippen MR) is 155 cm³/mol. The van der Waals surface area contributed by atoms with Crippen LogP contribution in [0.25, 0.3) is 0 Å². The molecule has 0 saturated carbocycles. The molecular formula is C29H34ClF2NO8S2. The minimum absolute atomic E-state index is 0.0257. The van der Waals surface area contributed by atoms with Gasteiger partial charge in [-0.25, -0.2) is 30.4 Å². The van der Waals surface area contributed by atoms with Crippen molar-refractivity contribution in [3.05, 3.63) is 58.6 Å². The van der Waals surface area contributed by atoms with Crippen LogP contribution < -0.4 is 4.74 Å². The van der Waals surface area contributed by atoms with E-state index >= 15 is 4.39 Å². The Labute approximate surface area is 255 Å². The molecule has 2 saturated heterocycles. The third kappa shape index (κ3) is 5.85. The Morgan fingerprint density at radius 1 is 1.09 bits per heavy atom. The van der Waals surface area contributed by atoms with Crippen LogP contribution in [-0.4, -0.2) is 76.8 Å². The van der Waals surface area contributed by atoms with Gasteiger partial charge >= 0.3 is 6.09 Å². The number of ether oxygens (including phenoxy) is 3. The van der Waals surface area contributed by atoms with Gasteiger partial charge in [0.2, 0.25) is 0 Å². The molecule has 14 heteroatoms. The van der Waals surface area contributed by atoms with Crippen molar-refractivity contribution in [3.63, 3.8) is 0 Å². The van der Waals surface area contributed by atoms with E-state index in [0.29, 0.717) is 5.02 Å². The number of carbonyl (C=O) groups is 1. The fourth-order valence-corrected chi connectivity index (χ4v) is 10.5. The summed E-state index contributed by atoms with van der Waals surface area (Å²) in [6, 6.07) is 7.15.